The van der Waals surface area contributed by atoms with Crippen molar-refractivity contribution in [2.75, 3.05) is 0 Å². The summed E-state index contributed by atoms with van der Waals surface area (Å²) in [6, 6.07) is 20.9. The number of halogens is 1. The standard InChI is InChI=1S/C16H14N2.HI/c1-3-7-14(8-4-1)13-18-12-11-17-16(18)15-9-5-2-6-10-15;/h1-12H,13H2;1H. The number of benzene rings is 2. The van der Waals surface area contributed by atoms with Gasteiger partial charge in [0.1, 0.15) is 18.9 Å². The summed E-state index contributed by atoms with van der Waals surface area (Å²) < 4.78 is 2.23. The summed E-state index contributed by atoms with van der Waals surface area (Å²) in [5.74, 6) is 1.14. The van der Waals surface area contributed by atoms with Gasteiger partial charge in [-0.1, -0.05) is 48.5 Å². The highest BCUT2D eigenvalue weighted by Gasteiger charge is 2.12. The highest BCUT2D eigenvalue weighted by molar-refractivity contribution is 5.51. The van der Waals surface area contributed by atoms with Gasteiger partial charge < -0.3 is 24.0 Å². The van der Waals surface area contributed by atoms with E-state index in [-0.39, 0.29) is 24.0 Å². The highest BCUT2D eigenvalue weighted by atomic mass is 127. The van der Waals surface area contributed by atoms with Crippen LogP contribution in [0.5, 0.6) is 0 Å². The van der Waals surface area contributed by atoms with Crippen LogP contribution in [0.2, 0.25) is 0 Å². The third-order valence-electron chi connectivity index (χ3n) is 3.00. The van der Waals surface area contributed by atoms with Crippen LogP contribution in [-0.2, 0) is 6.54 Å². The molecule has 0 unspecified atom stereocenters. The van der Waals surface area contributed by atoms with E-state index >= 15 is 0 Å². The predicted molar refractivity (Wildman–Crippen MR) is 72.0 cm³/mol. The molecule has 2 nitrogen and oxygen atoms in total. The Kier molecular flexibility index (Phi) is 4.74. The van der Waals surface area contributed by atoms with Crippen LogP contribution in [0.15, 0.2) is 73.1 Å². The van der Waals surface area contributed by atoms with Crippen molar-refractivity contribution in [1.29, 1.82) is 0 Å². The van der Waals surface area contributed by atoms with Crippen LogP contribution in [0.4, 0.5) is 0 Å². The summed E-state index contributed by atoms with van der Waals surface area (Å²) in [6.45, 7) is 0.883. The van der Waals surface area contributed by atoms with Gasteiger partial charge in [0.2, 0.25) is 0 Å². The van der Waals surface area contributed by atoms with E-state index in [2.05, 4.69) is 64.3 Å². The van der Waals surface area contributed by atoms with Gasteiger partial charge in [0, 0.05) is 0 Å². The molecule has 0 aliphatic carbocycles. The monoisotopic (exact) mass is 362 g/mol. The third kappa shape index (κ3) is 3.23. The molecule has 0 aliphatic heterocycles. The van der Waals surface area contributed by atoms with Gasteiger partial charge >= 0.3 is 0 Å². The van der Waals surface area contributed by atoms with Gasteiger partial charge in [0.05, 0.1) is 5.56 Å². The van der Waals surface area contributed by atoms with Crippen molar-refractivity contribution in [3.63, 3.8) is 0 Å². The van der Waals surface area contributed by atoms with Crippen LogP contribution in [0.1, 0.15) is 5.56 Å². The summed E-state index contributed by atoms with van der Waals surface area (Å²) in [5.41, 5.74) is 2.51. The topological polar surface area (TPSA) is 19.7 Å². The molecule has 96 valence electrons. The molecule has 0 saturated heterocycles. The Morgan fingerprint density at radius 2 is 1.47 bits per heavy atom. The molecule has 0 fully saturated rings. The second-order valence-electron chi connectivity index (χ2n) is 4.29. The lowest BCUT2D eigenvalue weighted by Gasteiger charge is -2.01. The Hall–Kier alpha value is -1.62. The van der Waals surface area contributed by atoms with E-state index in [1.165, 1.54) is 11.1 Å². The summed E-state index contributed by atoms with van der Waals surface area (Å²) in [7, 11) is 0. The molecule has 0 saturated carbocycles. The molecule has 0 amide bonds. The van der Waals surface area contributed by atoms with Gasteiger partial charge in [-0.3, -0.25) is 0 Å². The molecule has 3 rings (SSSR count). The molecule has 2 aromatic carbocycles. The molecule has 1 heterocycles. The van der Waals surface area contributed by atoms with E-state index in [9.17, 15) is 0 Å². The summed E-state index contributed by atoms with van der Waals surface area (Å²) in [6.07, 6.45) is 4.06. The van der Waals surface area contributed by atoms with Gasteiger partial charge in [0.25, 0.3) is 5.82 Å². The van der Waals surface area contributed by atoms with Gasteiger partial charge in [-0.2, -0.15) is 0 Å². The second-order valence-corrected chi connectivity index (χ2v) is 4.29. The number of nitrogens with one attached hydrogen (secondary N) is 1. The number of rotatable bonds is 3. The van der Waals surface area contributed by atoms with E-state index in [1.807, 2.05) is 18.3 Å². The first-order valence-electron chi connectivity index (χ1n) is 6.09. The van der Waals surface area contributed by atoms with Crippen LogP contribution >= 0.6 is 0 Å². The fraction of sp³-hybridized carbons (Fsp3) is 0.0625. The molecule has 0 atom stereocenters. The Balaban J connectivity index is 0.00000133. The Labute approximate surface area is 130 Å². The minimum atomic E-state index is 0. The first-order valence-corrected chi connectivity index (χ1v) is 6.09. The molecule has 3 aromatic rings. The van der Waals surface area contributed by atoms with E-state index in [4.69, 9.17) is 0 Å². The normalized spacial score (nSPS) is 9.89. The minimum absolute atomic E-state index is 0. The maximum Gasteiger partial charge on any atom is 0.286 e. The predicted octanol–water partition coefficient (Wildman–Crippen LogP) is 0.0215. The lowest BCUT2D eigenvalue weighted by atomic mass is 10.2. The molecule has 0 radical (unpaired) electrons. The number of imidazole rings is 1. The number of hydrogen-bond acceptors (Lipinski definition) is 0. The summed E-state index contributed by atoms with van der Waals surface area (Å²) in [4.78, 5) is 3.31. The van der Waals surface area contributed by atoms with Crippen molar-refractivity contribution in [3.8, 4) is 11.4 Å². The van der Waals surface area contributed by atoms with Gasteiger partial charge in [-0.15, -0.1) is 0 Å². The van der Waals surface area contributed by atoms with Crippen LogP contribution in [0, 0.1) is 0 Å². The Morgan fingerprint density at radius 1 is 0.842 bits per heavy atom. The maximum absolute atomic E-state index is 3.31. The molecule has 0 bridgehead atoms. The largest absolute Gasteiger partial charge is 1.00 e. The van der Waals surface area contributed by atoms with Crippen molar-refractivity contribution in [1.82, 2.24) is 4.98 Å². The zero-order valence-electron chi connectivity index (χ0n) is 10.5. The number of aromatic amines is 1. The molecule has 1 aromatic heterocycles. The van der Waals surface area contributed by atoms with E-state index in [0.29, 0.717) is 0 Å². The highest BCUT2D eigenvalue weighted by Crippen LogP contribution is 2.12. The van der Waals surface area contributed by atoms with Crippen molar-refractivity contribution in [3.05, 3.63) is 78.6 Å². The molecule has 1 N–H and O–H groups in total. The first kappa shape index (κ1) is 13.8. The van der Waals surface area contributed by atoms with Crippen molar-refractivity contribution >= 4 is 0 Å². The van der Waals surface area contributed by atoms with Crippen molar-refractivity contribution < 1.29 is 28.5 Å². The summed E-state index contributed by atoms with van der Waals surface area (Å²) >= 11 is 0. The van der Waals surface area contributed by atoms with Crippen molar-refractivity contribution in [2.45, 2.75) is 6.54 Å². The van der Waals surface area contributed by atoms with E-state index < -0.39 is 0 Å². The third-order valence-corrected chi connectivity index (χ3v) is 3.00. The lowest BCUT2D eigenvalue weighted by molar-refractivity contribution is -0.676. The van der Waals surface area contributed by atoms with E-state index in [0.717, 1.165) is 12.4 Å². The van der Waals surface area contributed by atoms with Crippen LogP contribution < -0.4 is 28.5 Å². The molecule has 3 heteroatoms. The quantitative estimate of drug-likeness (QED) is 0.501. The van der Waals surface area contributed by atoms with Crippen LogP contribution in [0.25, 0.3) is 11.4 Å². The maximum atomic E-state index is 3.31. The van der Waals surface area contributed by atoms with Crippen LogP contribution in [-0.4, -0.2) is 4.98 Å². The first-order chi connectivity index (χ1) is 8.93. The van der Waals surface area contributed by atoms with Gasteiger partial charge in [-0.05, 0) is 17.7 Å². The molecule has 19 heavy (non-hydrogen) atoms. The smallest absolute Gasteiger partial charge is 0.286 e. The number of H-pyrrole nitrogens is 1. The number of hydrogen-bond donors (Lipinski definition) is 1. The lowest BCUT2D eigenvalue weighted by Crippen LogP contribution is -3.00. The zero-order valence-corrected chi connectivity index (χ0v) is 12.6. The second kappa shape index (κ2) is 6.52. The molecule has 0 aliphatic rings. The summed E-state index contributed by atoms with van der Waals surface area (Å²) in [5, 5.41) is 0. The van der Waals surface area contributed by atoms with Crippen LogP contribution in [0.3, 0.4) is 0 Å². The molecule has 0 spiro atoms. The minimum Gasteiger partial charge on any atom is -1.00 e. The Bertz CT molecular complexity index is 618. The average Bonchev–Trinajstić information content (AvgIpc) is 2.89. The molecular weight excluding hydrogens is 347 g/mol. The molecular formula is C16H15IN2. The Morgan fingerprint density at radius 3 is 2.16 bits per heavy atom. The van der Waals surface area contributed by atoms with Gasteiger partial charge in [-0.25, -0.2) is 9.55 Å². The zero-order chi connectivity index (χ0) is 12.2. The SMILES string of the molecule is [I-].c1ccc(C[n+]2cc[nH]c2-c2ccccc2)cc1. The number of nitrogens with zero attached hydrogens (tertiary/aromatic N) is 1. The van der Waals surface area contributed by atoms with E-state index in [1.54, 1.807) is 0 Å². The van der Waals surface area contributed by atoms with Gasteiger partial charge in [0.15, 0.2) is 0 Å². The fourth-order valence-electron chi connectivity index (χ4n) is 2.12. The average molecular weight is 362 g/mol. The number of aromatic nitrogens is 2. The van der Waals surface area contributed by atoms with Crippen molar-refractivity contribution in [2.24, 2.45) is 0 Å². The fourth-order valence-corrected chi connectivity index (χ4v) is 2.12.